The third-order valence-electron chi connectivity index (χ3n) is 3.06. The summed E-state index contributed by atoms with van der Waals surface area (Å²) in [5, 5.41) is 8.37. The highest BCUT2D eigenvalue weighted by Crippen LogP contribution is 2.20. The summed E-state index contributed by atoms with van der Waals surface area (Å²) in [6.07, 6.45) is 1.70. The van der Waals surface area contributed by atoms with E-state index in [1.165, 1.54) is 0 Å². The smallest absolute Gasteiger partial charge is 0.200 e. The molecule has 1 aromatic carbocycles. The van der Waals surface area contributed by atoms with Crippen molar-refractivity contribution in [1.82, 2.24) is 20.2 Å². The van der Waals surface area contributed by atoms with Gasteiger partial charge < -0.3 is 4.74 Å². The normalized spacial score (nSPS) is 10.4. The third kappa shape index (κ3) is 2.86. The highest BCUT2D eigenvalue weighted by Gasteiger charge is 2.06. The molecule has 0 radical (unpaired) electrons. The Morgan fingerprint density at radius 2 is 1.71 bits per heavy atom. The van der Waals surface area contributed by atoms with Gasteiger partial charge in [-0.3, -0.25) is 0 Å². The van der Waals surface area contributed by atoms with E-state index in [1.54, 1.807) is 13.3 Å². The Morgan fingerprint density at radius 1 is 0.905 bits per heavy atom. The van der Waals surface area contributed by atoms with Crippen LogP contribution in [-0.2, 0) is 0 Å². The van der Waals surface area contributed by atoms with E-state index >= 15 is 0 Å². The molecule has 0 saturated heterocycles. The topological polar surface area (TPSA) is 60.8 Å². The molecule has 2 aromatic heterocycles. The Morgan fingerprint density at radius 3 is 2.33 bits per heavy atom. The van der Waals surface area contributed by atoms with E-state index in [4.69, 9.17) is 4.74 Å². The molecule has 2 heterocycles. The monoisotopic (exact) mass is 278 g/mol. The number of pyridine rings is 1. The van der Waals surface area contributed by atoms with Crippen LogP contribution in [-0.4, -0.2) is 27.3 Å². The molecule has 0 fully saturated rings. The van der Waals surface area contributed by atoms with E-state index in [-0.39, 0.29) is 0 Å². The SMILES string of the molecule is COc1ccc(-c2cnc(-c3cccc(C)n3)nn2)cc1. The summed E-state index contributed by atoms with van der Waals surface area (Å²) < 4.78 is 5.13. The third-order valence-corrected chi connectivity index (χ3v) is 3.06. The van der Waals surface area contributed by atoms with E-state index < -0.39 is 0 Å². The number of rotatable bonds is 3. The first kappa shape index (κ1) is 13.2. The van der Waals surface area contributed by atoms with E-state index in [0.29, 0.717) is 11.5 Å². The van der Waals surface area contributed by atoms with Crippen LogP contribution in [0.4, 0.5) is 0 Å². The van der Waals surface area contributed by atoms with Gasteiger partial charge in [-0.15, -0.1) is 10.2 Å². The van der Waals surface area contributed by atoms with Gasteiger partial charge in [-0.1, -0.05) is 6.07 Å². The summed E-state index contributed by atoms with van der Waals surface area (Å²) in [4.78, 5) is 8.73. The van der Waals surface area contributed by atoms with Gasteiger partial charge in [0.1, 0.15) is 17.1 Å². The van der Waals surface area contributed by atoms with E-state index in [2.05, 4.69) is 20.2 Å². The van der Waals surface area contributed by atoms with Gasteiger partial charge in [-0.25, -0.2) is 9.97 Å². The van der Waals surface area contributed by atoms with Crippen molar-refractivity contribution in [3.05, 3.63) is 54.4 Å². The Labute approximate surface area is 122 Å². The van der Waals surface area contributed by atoms with Crippen LogP contribution in [0.2, 0.25) is 0 Å². The molecule has 0 aliphatic carbocycles. The predicted octanol–water partition coefficient (Wildman–Crippen LogP) is 2.92. The second kappa shape index (κ2) is 5.66. The first-order chi connectivity index (χ1) is 10.3. The van der Waals surface area contributed by atoms with Crippen molar-refractivity contribution in [2.75, 3.05) is 7.11 Å². The van der Waals surface area contributed by atoms with Gasteiger partial charge in [-0.2, -0.15) is 0 Å². The molecule has 5 nitrogen and oxygen atoms in total. The molecular formula is C16H14N4O. The molecule has 0 N–H and O–H groups in total. The first-order valence-corrected chi connectivity index (χ1v) is 6.54. The van der Waals surface area contributed by atoms with Gasteiger partial charge in [0.2, 0.25) is 0 Å². The molecule has 3 rings (SSSR count). The standard InChI is InChI=1S/C16H14N4O/c1-11-4-3-5-14(18-11)16-17-10-15(19-20-16)12-6-8-13(21-2)9-7-12/h3-10H,1-2H3. The fourth-order valence-electron chi connectivity index (χ4n) is 1.95. The average Bonchev–Trinajstić information content (AvgIpc) is 2.55. The number of aryl methyl sites for hydroxylation is 1. The number of methoxy groups -OCH3 is 1. The van der Waals surface area contributed by atoms with Crippen LogP contribution in [0.1, 0.15) is 5.69 Å². The van der Waals surface area contributed by atoms with Gasteiger partial charge in [0.05, 0.1) is 13.3 Å². The van der Waals surface area contributed by atoms with Crippen molar-refractivity contribution in [2.24, 2.45) is 0 Å². The lowest BCUT2D eigenvalue weighted by Crippen LogP contribution is -1.97. The Hall–Kier alpha value is -2.82. The van der Waals surface area contributed by atoms with Gasteiger partial charge in [0, 0.05) is 11.3 Å². The van der Waals surface area contributed by atoms with E-state index in [9.17, 15) is 0 Å². The molecule has 0 saturated carbocycles. The quantitative estimate of drug-likeness (QED) is 0.737. The second-order valence-corrected chi connectivity index (χ2v) is 4.56. The predicted molar refractivity (Wildman–Crippen MR) is 79.8 cm³/mol. The van der Waals surface area contributed by atoms with Crippen molar-refractivity contribution >= 4 is 0 Å². The number of benzene rings is 1. The molecule has 0 aliphatic heterocycles. The van der Waals surface area contributed by atoms with Crippen LogP contribution < -0.4 is 4.74 Å². The molecule has 0 atom stereocenters. The van der Waals surface area contributed by atoms with Crippen LogP contribution in [0.3, 0.4) is 0 Å². The molecule has 104 valence electrons. The van der Waals surface area contributed by atoms with Crippen LogP contribution in [0.15, 0.2) is 48.7 Å². The van der Waals surface area contributed by atoms with Crippen LogP contribution >= 0.6 is 0 Å². The molecule has 0 bridgehead atoms. The highest BCUT2D eigenvalue weighted by atomic mass is 16.5. The van der Waals surface area contributed by atoms with Crippen molar-refractivity contribution < 1.29 is 4.74 Å². The molecule has 0 aliphatic rings. The molecular weight excluding hydrogens is 264 g/mol. The number of hydrogen-bond donors (Lipinski definition) is 0. The van der Waals surface area contributed by atoms with E-state index in [0.717, 1.165) is 22.7 Å². The lowest BCUT2D eigenvalue weighted by molar-refractivity contribution is 0.415. The Kier molecular flexibility index (Phi) is 3.55. The van der Waals surface area contributed by atoms with Gasteiger partial charge in [0.15, 0.2) is 5.82 Å². The van der Waals surface area contributed by atoms with Crippen LogP contribution in [0, 0.1) is 6.92 Å². The number of aromatic nitrogens is 4. The molecule has 3 aromatic rings. The van der Waals surface area contributed by atoms with Crippen molar-refractivity contribution in [3.8, 4) is 28.5 Å². The maximum Gasteiger partial charge on any atom is 0.200 e. The highest BCUT2D eigenvalue weighted by molar-refractivity contribution is 5.59. The summed E-state index contributed by atoms with van der Waals surface area (Å²) in [7, 11) is 1.64. The minimum Gasteiger partial charge on any atom is -0.497 e. The minimum absolute atomic E-state index is 0.524. The summed E-state index contributed by atoms with van der Waals surface area (Å²) in [5.41, 5.74) is 3.31. The summed E-state index contributed by atoms with van der Waals surface area (Å²) in [6.45, 7) is 1.93. The van der Waals surface area contributed by atoms with Crippen molar-refractivity contribution in [2.45, 2.75) is 6.92 Å². The average molecular weight is 278 g/mol. The summed E-state index contributed by atoms with van der Waals surface area (Å²) in [6, 6.07) is 13.3. The lowest BCUT2D eigenvalue weighted by atomic mass is 10.1. The van der Waals surface area contributed by atoms with Gasteiger partial charge >= 0.3 is 0 Å². The zero-order chi connectivity index (χ0) is 14.7. The molecule has 5 heteroatoms. The van der Waals surface area contributed by atoms with Gasteiger partial charge in [-0.05, 0) is 43.3 Å². The Bertz CT molecular complexity index is 739. The minimum atomic E-state index is 0.524. The summed E-state index contributed by atoms with van der Waals surface area (Å²) in [5.74, 6) is 1.33. The molecule has 0 amide bonds. The Balaban J connectivity index is 1.89. The number of ether oxygens (including phenoxy) is 1. The fourth-order valence-corrected chi connectivity index (χ4v) is 1.95. The van der Waals surface area contributed by atoms with E-state index in [1.807, 2.05) is 49.4 Å². The number of nitrogens with zero attached hydrogens (tertiary/aromatic N) is 4. The fraction of sp³-hybridized carbons (Fsp3) is 0.125. The molecule has 21 heavy (non-hydrogen) atoms. The lowest BCUT2D eigenvalue weighted by Gasteiger charge is -2.03. The molecule has 0 unspecified atom stereocenters. The largest absolute Gasteiger partial charge is 0.497 e. The van der Waals surface area contributed by atoms with Crippen molar-refractivity contribution in [3.63, 3.8) is 0 Å². The van der Waals surface area contributed by atoms with Crippen LogP contribution in [0.25, 0.3) is 22.8 Å². The summed E-state index contributed by atoms with van der Waals surface area (Å²) >= 11 is 0. The second-order valence-electron chi connectivity index (χ2n) is 4.56. The maximum absolute atomic E-state index is 5.13. The zero-order valence-electron chi connectivity index (χ0n) is 11.8. The van der Waals surface area contributed by atoms with Crippen molar-refractivity contribution in [1.29, 1.82) is 0 Å². The zero-order valence-corrected chi connectivity index (χ0v) is 11.8. The number of hydrogen-bond acceptors (Lipinski definition) is 5. The van der Waals surface area contributed by atoms with Crippen LogP contribution in [0.5, 0.6) is 5.75 Å². The first-order valence-electron chi connectivity index (χ1n) is 6.54. The molecule has 0 spiro atoms. The van der Waals surface area contributed by atoms with Gasteiger partial charge in [0.25, 0.3) is 0 Å². The maximum atomic E-state index is 5.13.